The van der Waals surface area contributed by atoms with E-state index in [9.17, 15) is 26.7 Å². The van der Waals surface area contributed by atoms with Crippen LogP contribution >= 0.6 is 0 Å². The van der Waals surface area contributed by atoms with Crippen LogP contribution in [0.3, 0.4) is 0 Å². The van der Waals surface area contributed by atoms with E-state index in [1.807, 2.05) is 0 Å². The van der Waals surface area contributed by atoms with E-state index < -0.39 is 54.4 Å². The zero-order chi connectivity index (χ0) is 27.8. The maximum absolute atomic E-state index is 14.0. The van der Waals surface area contributed by atoms with Crippen molar-refractivity contribution in [2.45, 2.75) is 30.8 Å². The van der Waals surface area contributed by atoms with Crippen LogP contribution in [0.15, 0.2) is 47.5 Å². The van der Waals surface area contributed by atoms with Gasteiger partial charge in [0.25, 0.3) is 5.91 Å². The number of anilines is 1. The molecule has 14 heteroatoms. The minimum Gasteiger partial charge on any atom is -0.494 e. The number of hydrogen-bond acceptors (Lipinski definition) is 6. The monoisotopic (exact) mass is 531 g/mol. The first-order valence-electron chi connectivity index (χ1n) is 11.1. The van der Waals surface area contributed by atoms with Crippen LogP contribution in [0.4, 0.5) is 27.6 Å². The quantitative estimate of drug-likeness (QED) is 0.118. The van der Waals surface area contributed by atoms with Gasteiger partial charge in [0.1, 0.15) is 11.9 Å². The van der Waals surface area contributed by atoms with Crippen molar-refractivity contribution >= 4 is 17.6 Å². The molecule has 37 heavy (non-hydrogen) atoms. The number of carbonyl (C=O) groups excluding carboxylic acids is 1. The molecule has 9 N–H and O–H groups in total. The Morgan fingerprint density at radius 2 is 1.81 bits per heavy atom. The molecule has 9 nitrogen and oxygen atoms in total. The van der Waals surface area contributed by atoms with Crippen LogP contribution in [0, 0.1) is 17.6 Å². The third-order valence-electron chi connectivity index (χ3n) is 5.30. The van der Waals surface area contributed by atoms with E-state index in [2.05, 4.69) is 20.9 Å². The number of nitrogens with zero attached hydrogens (tertiary/aromatic N) is 1. The molecule has 0 aliphatic heterocycles. The molecule has 4 atom stereocenters. The van der Waals surface area contributed by atoms with Gasteiger partial charge >= 0.3 is 6.18 Å². The number of aliphatic imine (C=N–C) groups is 1. The highest BCUT2D eigenvalue weighted by Gasteiger charge is 2.44. The van der Waals surface area contributed by atoms with Crippen molar-refractivity contribution in [3.63, 3.8) is 0 Å². The lowest BCUT2D eigenvalue weighted by atomic mass is 9.99. The molecule has 2 aromatic rings. The summed E-state index contributed by atoms with van der Waals surface area (Å²) in [5.41, 5.74) is 18.0. The van der Waals surface area contributed by atoms with Crippen LogP contribution in [-0.4, -0.2) is 51.0 Å². The van der Waals surface area contributed by atoms with Gasteiger partial charge < -0.3 is 37.9 Å². The molecule has 2 rings (SSSR count). The van der Waals surface area contributed by atoms with Crippen LogP contribution in [0.25, 0.3) is 0 Å². The molecule has 1 amide bonds. The van der Waals surface area contributed by atoms with Gasteiger partial charge in [-0.1, -0.05) is 12.1 Å². The molecule has 0 fully saturated rings. The fourth-order valence-electron chi connectivity index (χ4n) is 3.37. The fourth-order valence-corrected chi connectivity index (χ4v) is 3.37. The summed E-state index contributed by atoms with van der Waals surface area (Å²) >= 11 is 0. The van der Waals surface area contributed by atoms with Crippen molar-refractivity contribution < 1.29 is 31.5 Å². The van der Waals surface area contributed by atoms with Gasteiger partial charge in [-0.25, -0.2) is 8.78 Å². The average molecular weight is 532 g/mol. The van der Waals surface area contributed by atoms with E-state index in [-0.39, 0.29) is 23.8 Å². The number of nitrogens with one attached hydrogen (secondary N) is 3. The van der Waals surface area contributed by atoms with Gasteiger partial charge in [0.15, 0.2) is 11.6 Å². The SMILES string of the molecule is CNCC(C(=O)/N=C(/Nc1cccc(F)c1)NC(N)CC(N)c1ccc(OC)c(F)c1)C(N)C(F)(F)F. The van der Waals surface area contributed by atoms with Crippen molar-refractivity contribution in [1.82, 2.24) is 10.6 Å². The van der Waals surface area contributed by atoms with Crippen molar-refractivity contribution in [2.75, 3.05) is 26.0 Å². The topological polar surface area (TPSA) is 153 Å². The van der Waals surface area contributed by atoms with E-state index in [1.165, 1.54) is 44.5 Å². The molecule has 204 valence electrons. The van der Waals surface area contributed by atoms with Crippen molar-refractivity contribution in [1.29, 1.82) is 0 Å². The van der Waals surface area contributed by atoms with E-state index in [4.69, 9.17) is 21.9 Å². The highest BCUT2D eigenvalue weighted by atomic mass is 19.4. The second-order valence-corrected chi connectivity index (χ2v) is 8.15. The molecular formula is C23H30F5N7O2. The van der Waals surface area contributed by atoms with Gasteiger partial charge in [-0.3, -0.25) is 4.79 Å². The predicted octanol–water partition coefficient (Wildman–Crippen LogP) is 1.96. The van der Waals surface area contributed by atoms with Gasteiger partial charge in [0.05, 0.1) is 19.2 Å². The summed E-state index contributed by atoms with van der Waals surface area (Å²) in [6.45, 7) is -0.407. The Kier molecular flexibility index (Phi) is 10.7. The van der Waals surface area contributed by atoms with Crippen molar-refractivity contribution in [3.05, 3.63) is 59.7 Å². The molecule has 0 heterocycles. The highest BCUT2D eigenvalue weighted by molar-refractivity contribution is 6.01. The Hall–Kier alpha value is -3.33. The zero-order valence-electron chi connectivity index (χ0n) is 20.2. The molecule has 0 aliphatic rings. The number of guanidine groups is 1. The Morgan fingerprint density at radius 1 is 1.11 bits per heavy atom. The van der Waals surface area contributed by atoms with Crippen LogP contribution in [-0.2, 0) is 4.79 Å². The minimum atomic E-state index is -4.85. The van der Waals surface area contributed by atoms with Crippen LogP contribution in [0.2, 0.25) is 0 Å². The molecule has 0 bridgehead atoms. The van der Waals surface area contributed by atoms with E-state index in [0.717, 1.165) is 6.07 Å². The minimum absolute atomic E-state index is 0.00812. The number of benzene rings is 2. The van der Waals surface area contributed by atoms with Crippen LogP contribution in [0.1, 0.15) is 18.0 Å². The first-order valence-corrected chi connectivity index (χ1v) is 11.1. The lowest BCUT2D eigenvalue weighted by Gasteiger charge is -2.24. The smallest absolute Gasteiger partial charge is 0.404 e. The number of ether oxygens (including phenoxy) is 1. The Bertz CT molecular complexity index is 1080. The van der Waals surface area contributed by atoms with E-state index in [1.54, 1.807) is 6.07 Å². The number of halogens is 5. The summed E-state index contributed by atoms with van der Waals surface area (Å²) < 4.78 is 72.2. The molecular weight excluding hydrogens is 501 g/mol. The largest absolute Gasteiger partial charge is 0.494 e. The molecule has 0 spiro atoms. The first kappa shape index (κ1) is 29.9. The highest BCUT2D eigenvalue weighted by Crippen LogP contribution is 2.25. The van der Waals surface area contributed by atoms with Gasteiger partial charge in [0, 0.05) is 18.3 Å². The maximum atomic E-state index is 14.0. The van der Waals surface area contributed by atoms with Gasteiger partial charge in [-0.15, -0.1) is 0 Å². The number of carbonyl (C=O) groups is 1. The number of amides is 1. The molecule has 0 aromatic heterocycles. The maximum Gasteiger partial charge on any atom is 0.404 e. The Balaban J connectivity index is 2.28. The van der Waals surface area contributed by atoms with E-state index in [0.29, 0.717) is 5.56 Å². The van der Waals surface area contributed by atoms with Crippen molar-refractivity contribution in [3.8, 4) is 5.75 Å². The molecule has 0 radical (unpaired) electrons. The second-order valence-electron chi connectivity index (χ2n) is 8.15. The predicted molar refractivity (Wildman–Crippen MR) is 130 cm³/mol. The summed E-state index contributed by atoms with van der Waals surface area (Å²) in [5.74, 6) is -4.52. The van der Waals surface area contributed by atoms with Crippen LogP contribution in [0.5, 0.6) is 5.75 Å². The number of nitrogens with two attached hydrogens (primary N) is 3. The molecule has 2 aromatic carbocycles. The molecule has 0 saturated heterocycles. The summed E-state index contributed by atoms with van der Waals surface area (Å²) in [6, 6.07) is 5.92. The van der Waals surface area contributed by atoms with Crippen molar-refractivity contribution in [2.24, 2.45) is 28.1 Å². The normalized spacial score (nSPS) is 15.5. The number of methoxy groups -OCH3 is 1. The van der Waals surface area contributed by atoms with Crippen LogP contribution < -0.4 is 37.9 Å². The summed E-state index contributed by atoms with van der Waals surface area (Å²) in [4.78, 5) is 16.5. The lowest BCUT2D eigenvalue weighted by Crippen LogP contribution is -2.51. The average Bonchev–Trinajstić information content (AvgIpc) is 2.81. The molecule has 4 unspecified atom stereocenters. The summed E-state index contributed by atoms with van der Waals surface area (Å²) in [5, 5.41) is 7.78. The second kappa shape index (κ2) is 13.3. The molecule has 0 aliphatic carbocycles. The standard InChI is InChI=1S/C23H30F5N7O2/c1-32-11-15(20(31)23(26,27)28)21(36)35-22(33-14-5-3-4-13(24)9-14)34-19(30)10-17(29)12-6-7-18(37-2)16(25)8-12/h3-9,15,17,19-20,32H,10-11,29-31H2,1-2H3,(H2,33,34,35,36). The zero-order valence-corrected chi connectivity index (χ0v) is 20.2. The summed E-state index contributed by atoms with van der Waals surface area (Å²) in [6.07, 6.45) is -5.87. The lowest BCUT2D eigenvalue weighted by molar-refractivity contribution is -0.164. The van der Waals surface area contributed by atoms with E-state index >= 15 is 0 Å². The number of rotatable bonds is 10. The first-order chi connectivity index (χ1) is 17.3. The van der Waals surface area contributed by atoms with Gasteiger partial charge in [0.2, 0.25) is 5.96 Å². The third-order valence-corrected chi connectivity index (χ3v) is 5.30. The molecule has 0 saturated carbocycles. The number of hydrogen-bond donors (Lipinski definition) is 6. The Labute approximate surface area is 210 Å². The Morgan fingerprint density at radius 3 is 2.38 bits per heavy atom. The van der Waals surface area contributed by atoms with Gasteiger partial charge in [-0.05, 0) is 49.4 Å². The van der Waals surface area contributed by atoms with Gasteiger partial charge in [-0.2, -0.15) is 18.2 Å². The third kappa shape index (κ3) is 8.93. The number of alkyl halides is 3. The fraction of sp³-hybridized carbons (Fsp3) is 0.391. The summed E-state index contributed by atoms with van der Waals surface area (Å²) in [7, 11) is 2.67.